The lowest BCUT2D eigenvalue weighted by Crippen LogP contribution is -2.47. The number of aromatic nitrogens is 3. The lowest BCUT2D eigenvalue weighted by molar-refractivity contribution is -0.384. The molecule has 15 heteroatoms. The molecule has 0 spiro atoms. The van der Waals surface area contributed by atoms with E-state index in [4.69, 9.17) is 29.7 Å². The van der Waals surface area contributed by atoms with Gasteiger partial charge in [-0.15, -0.1) is 0 Å². The first kappa shape index (κ1) is 31.5. The Balaban J connectivity index is 1.41. The summed E-state index contributed by atoms with van der Waals surface area (Å²) >= 11 is 0. The highest BCUT2D eigenvalue weighted by Gasteiger charge is 2.21. The third-order valence-corrected chi connectivity index (χ3v) is 6.67. The molecular weight excluding hydrogens is 558 g/mol. The van der Waals surface area contributed by atoms with Crippen molar-refractivity contribution in [2.24, 2.45) is 5.73 Å². The number of piperazine rings is 1. The van der Waals surface area contributed by atoms with Crippen LogP contribution in [-0.4, -0.2) is 99.8 Å². The van der Waals surface area contributed by atoms with E-state index in [0.717, 1.165) is 11.3 Å². The summed E-state index contributed by atoms with van der Waals surface area (Å²) in [4.78, 5) is 28.9. The molecule has 0 radical (unpaired) electrons. The van der Waals surface area contributed by atoms with Crippen molar-refractivity contribution in [3.63, 3.8) is 0 Å². The number of methoxy groups -OCH3 is 2. The van der Waals surface area contributed by atoms with Crippen molar-refractivity contribution < 1.29 is 23.9 Å². The van der Waals surface area contributed by atoms with Crippen LogP contribution < -0.4 is 35.6 Å². The van der Waals surface area contributed by atoms with E-state index in [-0.39, 0.29) is 5.69 Å². The Kier molecular flexibility index (Phi) is 11.9. The smallest absolute Gasteiger partial charge is 0.269 e. The summed E-state index contributed by atoms with van der Waals surface area (Å²) in [5.74, 6) is 2.70. The molecule has 4 N–H and O–H groups in total. The van der Waals surface area contributed by atoms with Crippen LogP contribution in [-0.2, 0) is 16.0 Å². The van der Waals surface area contributed by atoms with E-state index in [2.05, 4.69) is 30.4 Å². The van der Waals surface area contributed by atoms with Crippen molar-refractivity contribution >= 4 is 29.2 Å². The van der Waals surface area contributed by atoms with Crippen molar-refractivity contribution in [3.05, 3.63) is 58.1 Å². The van der Waals surface area contributed by atoms with Crippen LogP contribution in [0.4, 0.5) is 29.2 Å². The van der Waals surface area contributed by atoms with Gasteiger partial charge in [0.05, 0.1) is 45.6 Å². The van der Waals surface area contributed by atoms with E-state index in [1.54, 1.807) is 26.4 Å². The highest BCUT2D eigenvalue weighted by atomic mass is 16.6. The van der Waals surface area contributed by atoms with Crippen LogP contribution in [0.5, 0.6) is 11.5 Å². The lowest BCUT2D eigenvalue weighted by Gasteiger charge is -2.36. The second-order valence-corrected chi connectivity index (χ2v) is 9.51. The fraction of sp³-hybridized carbons (Fsp3) is 0.464. The summed E-state index contributed by atoms with van der Waals surface area (Å²) in [7, 11) is 3.20. The number of benzene rings is 2. The van der Waals surface area contributed by atoms with Crippen LogP contribution in [0.2, 0.25) is 0 Å². The van der Waals surface area contributed by atoms with Crippen LogP contribution in [0.15, 0.2) is 42.5 Å². The molecule has 1 fully saturated rings. The third-order valence-electron chi connectivity index (χ3n) is 6.67. The van der Waals surface area contributed by atoms with Crippen molar-refractivity contribution in [2.45, 2.75) is 6.54 Å². The number of ether oxygens (including phenoxy) is 4. The lowest BCUT2D eigenvalue weighted by atomic mass is 10.2. The zero-order valence-electron chi connectivity index (χ0n) is 24.5. The van der Waals surface area contributed by atoms with Gasteiger partial charge in [-0.1, -0.05) is 6.07 Å². The Bertz CT molecular complexity index is 1310. The van der Waals surface area contributed by atoms with Gasteiger partial charge in [0.15, 0.2) is 11.5 Å². The highest BCUT2D eigenvalue weighted by Crippen LogP contribution is 2.28. The molecule has 0 amide bonds. The molecule has 2 aromatic carbocycles. The monoisotopic (exact) mass is 597 g/mol. The first-order valence-electron chi connectivity index (χ1n) is 14.1. The molecule has 0 unspecified atom stereocenters. The molecular formula is C28H39N9O6. The predicted molar refractivity (Wildman–Crippen MR) is 163 cm³/mol. The maximum Gasteiger partial charge on any atom is 0.269 e. The normalized spacial score (nSPS) is 13.1. The number of hydrogen-bond acceptors (Lipinski definition) is 14. The van der Waals surface area contributed by atoms with Gasteiger partial charge in [0, 0.05) is 63.6 Å². The molecule has 43 heavy (non-hydrogen) atoms. The van der Waals surface area contributed by atoms with E-state index < -0.39 is 4.92 Å². The van der Waals surface area contributed by atoms with Gasteiger partial charge in [-0.05, 0) is 29.8 Å². The van der Waals surface area contributed by atoms with Gasteiger partial charge in [-0.25, -0.2) is 0 Å². The maximum atomic E-state index is 11.0. The molecule has 0 aliphatic carbocycles. The molecule has 0 atom stereocenters. The maximum absolute atomic E-state index is 11.0. The third kappa shape index (κ3) is 9.26. The fourth-order valence-electron chi connectivity index (χ4n) is 4.43. The minimum Gasteiger partial charge on any atom is -0.493 e. The quantitative estimate of drug-likeness (QED) is 0.117. The van der Waals surface area contributed by atoms with Crippen LogP contribution in [0.3, 0.4) is 0 Å². The summed E-state index contributed by atoms with van der Waals surface area (Å²) in [5.41, 5.74) is 7.41. The number of rotatable bonds is 17. The van der Waals surface area contributed by atoms with Gasteiger partial charge in [0.25, 0.3) is 5.69 Å². The number of nitrogens with two attached hydrogens (primary N) is 1. The van der Waals surface area contributed by atoms with Crippen LogP contribution >= 0.6 is 0 Å². The largest absolute Gasteiger partial charge is 0.493 e. The van der Waals surface area contributed by atoms with E-state index in [1.807, 2.05) is 18.2 Å². The standard InChI is InChI=1S/C28H39N9O6/c1-40-24-8-3-21(19-25(24)41-2)20-31-27-32-26(30-10-16-43-18-17-42-15-9-29)33-28(34-27)36-13-11-35(12-14-36)22-4-6-23(7-5-22)37(38)39/h3-8,19H,9-18,20,29H2,1-2H3,(H2,30,31,32,33,34). The molecule has 1 aromatic heterocycles. The minimum atomic E-state index is -0.394. The van der Waals surface area contributed by atoms with Crippen molar-refractivity contribution in [2.75, 3.05) is 100 Å². The van der Waals surface area contributed by atoms with E-state index in [9.17, 15) is 10.1 Å². The zero-order valence-corrected chi connectivity index (χ0v) is 24.5. The molecule has 1 aliphatic heterocycles. The Hall–Kier alpha value is -4.47. The molecule has 232 valence electrons. The number of anilines is 4. The summed E-state index contributed by atoms with van der Waals surface area (Å²) < 4.78 is 21.7. The summed E-state index contributed by atoms with van der Waals surface area (Å²) in [5, 5.41) is 17.5. The van der Waals surface area contributed by atoms with Gasteiger partial charge in [-0.3, -0.25) is 10.1 Å². The molecule has 0 saturated carbocycles. The zero-order chi connectivity index (χ0) is 30.4. The number of hydrogen-bond donors (Lipinski definition) is 3. The molecule has 0 bridgehead atoms. The van der Waals surface area contributed by atoms with Gasteiger partial charge in [-0.2, -0.15) is 15.0 Å². The first-order chi connectivity index (χ1) is 21.0. The van der Waals surface area contributed by atoms with Gasteiger partial charge in [0.2, 0.25) is 17.8 Å². The molecule has 4 rings (SSSR count). The average molecular weight is 598 g/mol. The van der Waals surface area contributed by atoms with Gasteiger partial charge >= 0.3 is 0 Å². The van der Waals surface area contributed by atoms with E-state index >= 15 is 0 Å². The summed E-state index contributed by atoms with van der Waals surface area (Å²) in [6, 6.07) is 12.3. The van der Waals surface area contributed by atoms with Crippen LogP contribution in [0.1, 0.15) is 5.56 Å². The Labute approximate surface area is 250 Å². The second-order valence-electron chi connectivity index (χ2n) is 9.51. The topological polar surface area (TPSA) is 175 Å². The Morgan fingerprint density at radius 2 is 1.49 bits per heavy atom. The number of non-ortho nitro benzene ring substituents is 1. The number of nitro groups is 1. The highest BCUT2D eigenvalue weighted by molar-refractivity contribution is 5.53. The SMILES string of the molecule is COc1ccc(CNc2nc(NCCOCCOCCN)nc(N3CCN(c4ccc([N+](=O)[O-])cc4)CC3)n2)cc1OC. The van der Waals surface area contributed by atoms with Crippen molar-refractivity contribution in [3.8, 4) is 11.5 Å². The second kappa shape index (κ2) is 16.2. The molecule has 1 aliphatic rings. The van der Waals surface area contributed by atoms with Crippen LogP contribution in [0, 0.1) is 10.1 Å². The molecule has 3 aromatic rings. The molecule has 15 nitrogen and oxygen atoms in total. The number of nitrogens with one attached hydrogen (secondary N) is 2. The van der Waals surface area contributed by atoms with Crippen molar-refractivity contribution in [1.82, 2.24) is 15.0 Å². The summed E-state index contributed by atoms with van der Waals surface area (Å²) in [6.07, 6.45) is 0. The number of nitro benzene ring substituents is 1. The predicted octanol–water partition coefficient (Wildman–Crippen LogP) is 2.14. The van der Waals surface area contributed by atoms with Gasteiger partial charge in [0.1, 0.15) is 0 Å². The van der Waals surface area contributed by atoms with Crippen molar-refractivity contribution in [1.29, 1.82) is 0 Å². The molecule has 1 saturated heterocycles. The number of nitrogens with zero attached hydrogens (tertiary/aromatic N) is 6. The Morgan fingerprint density at radius 1 is 0.837 bits per heavy atom. The average Bonchev–Trinajstić information content (AvgIpc) is 3.05. The first-order valence-corrected chi connectivity index (χ1v) is 14.1. The van der Waals surface area contributed by atoms with E-state index in [1.165, 1.54) is 12.1 Å². The summed E-state index contributed by atoms with van der Waals surface area (Å²) in [6.45, 7) is 6.13. The fourth-order valence-corrected chi connectivity index (χ4v) is 4.43. The van der Waals surface area contributed by atoms with Gasteiger partial charge < -0.3 is 45.1 Å². The Morgan fingerprint density at radius 3 is 2.14 bits per heavy atom. The van der Waals surface area contributed by atoms with Crippen LogP contribution in [0.25, 0.3) is 0 Å². The molecule has 2 heterocycles. The van der Waals surface area contributed by atoms with E-state index in [0.29, 0.717) is 102 Å². The minimum absolute atomic E-state index is 0.0750.